The minimum atomic E-state index is 0.0423. The molecule has 4 nitrogen and oxygen atoms in total. The highest BCUT2D eigenvalue weighted by Gasteiger charge is 2.28. The molecule has 0 fully saturated rings. The van der Waals surface area contributed by atoms with Gasteiger partial charge >= 0.3 is 0 Å². The van der Waals surface area contributed by atoms with Gasteiger partial charge in [-0.15, -0.1) is 0 Å². The van der Waals surface area contributed by atoms with Gasteiger partial charge in [0.2, 0.25) is 5.91 Å². The Hall–Kier alpha value is -2.33. The summed E-state index contributed by atoms with van der Waals surface area (Å²) in [5.74, 6) is 0.0423. The molecule has 2 aromatic rings. The second kappa shape index (κ2) is 7.49. The molecule has 2 aromatic carbocycles. The zero-order valence-electron chi connectivity index (χ0n) is 14.3. The van der Waals surface area contributed by atoms with Gasteiger partial charge in [-0.3, -0.25) is 4.79 Å². The average Bonchev–Trinajstić information content (AvgIpc) is 2.74. The highest BCUT2D eigenvalue weighted by molar-refractivity contribution is 5.78. The number of carbonyl (C=O) groups is 1. The van der Waals surface area contributed by atoms with Crippen LogP contribution >= 0.6 is 0 Å². The molecular formula is C20H24N2O2. The third-order valence-corrected chi connectivity index (χ3v) is 4.65. The molecule has 1 aliphatic rings. The number of fused-ring (bicyclic) bond motifs is 1. The average molecular weight is 324 g/mol. The summed E-state index contributed by atoms with van der Waals surface area (Å²) in [5.41, 5.74) is 3.67. The fraction of sp³-hybridized carbons (Fsp3) is 0.350. The minimum absolute atomic E-state index is 0.0423. The van der Waals surface area contributed by atoms with Crippen molar-refractivity contribution >= 4 is 11.6 Å². The number of likely N-dealkylation sites (N-methyl/N-ethyl adjacent to an activating group) is 1. The van der Waals surface area contributed by atoms with Crippen LogP contribution in [-0.2, 0) is 22.5 Å². The molecule has 0 aromatic heterocycles. The zero-order valence-corrected chi connectivity index (χ0v) is 14.3. The Morgan fingerprint density at radius 1 is 1.12 bits per heavy atom. The van der Waals surface area contributed by atoms with Crippen LogP contribution in [0.5, 0.6) is 0 Å². The van der Waals surface area contributed by atoms with Crippen LogP contribution in [0.25, 0.3) is 0 Å². The van der Waals surface area contributed by atoms with E-state index in [2.05, 4.69) is 54.4 Å². The molecule has 0 N–H and O–H groups in total. The maximum Gasteiger partial charge on any atom is 0.248 e. The third kappa shape index (κ3) is 3.60. The lowest BCUT2D eigenvalue weighted by atomic mass is 10.0. The molecule has 1 unspecified atom stereocenters. The maximum absolute atomic E-state index is 12.4. The van der Waals surface area contributed by atoms with E-state index in [0.717, 1.165) is 6.42 Å². The van der Waals surface area contributed by atoms with E-state index in [1.54, 1.807) is 7.11 Å². The molecule has 1 heterocycles. The summed E-state index contributed by atoms with van der Waals surface area (Å²) in [6.07, 6.45) is 0.905. The second-order valence-electron chi connectivity index (χ2n) is 6.29. The van der Waals surface area contributed by atoms with Crippen molar-refractivity contribution in [3.05, 3.63) is 65.7 Å². The standard InChI is InChI=1S/C20H24N2O2/c1-21-18(12-16-8-4-3-5-9-16)14-22(20(23)15-24-2)13-17-10-6-7-11-19(17)21/h3-11,18H,12-15H2,1-2H3. The molecule has 1 aliphatic heterocycles. The molecule has 4 heteroatoms. The van der Waals surface area contributed by atoms with E-state index in [1.165, 1.54) is 16.8 Å². The maximum atomic E-state index is 12.4. The van der Waals surface area contributed by atoms with Crippen LogP contribution in [0.1, 0.15) is 11.1 Å². The Balaban J connectivity index is 1.90. The smallest absolute Gasteiger partial charge is 0.248 e. The highest BCUT2D eigenvalue weighted by Crippen LogP contribution is 2.28. The second-order valence-corrected chi connectivity index (χ2v) is 6.29. The van der Waals surface area contributed by atoms with Crippen molar-refractivity contribution in [2.24, 2.45) is 0 Å². The Bertz CT molecular complexity index is 687. The first-order valence-corrected chi connectivity index (χ1v) is 8.30. The Morgan fingerprint density at radius 3 is 2.58 bits per heavy atom. The van der Waals surface area contributed by atoms with E-state index < -0.39 is 0 Å². The third-order valence-electron chi connectivity index (χ3n) is 4.65. The summed E-state index contributed by atoms with van der Waals surface area (Å²) in [4.78, 5) is 16.7. The molecule has 126 valence electrons. The van der Waals surface area contributed by atoms with Crippen molar-refractivity contribution in [3.63, 3.8) is 0 Å². The number of amides is 1. The fourth-order valence-electron chi connectivity index (χ4n) is 3.32. The van der Waals surface area contributed by atoms with Crippen molar-refractivity contribution in [3.8, 4) is 0 Å². The summed E-state index contributed by atoms with van der Waals surface area (Å²) in [7, 11) is 3.69. The first-order valence-electron chi connectivity index (χ1n) is 8.30. The first kappa shape index (κ1) is 16.5. The summed E-state index contributed by atoms with van der Waals surface area (Å²) in [5, 5.41) is 0. The van der Waals surface area contributed by atoms with E-state index in [9.17, 15) is 4.79 Å². The quantitative estimate of drug-likeness (QED) is 0.867. The summed E-state index contributed by atoms with van der Waals surface area (Å²) >= 11 is 0. The molecule has 0 saturated heterocycles. The minimum Gasteiger partial charge on any atom is -0.375 e. The predicted molar refractivity (Wildman–Crippen MR) is 96.1 cm³/mol. The van der Waals surface area contributed by atoms with Crippen molar-refractivity contribution in [1.29, 1.82) is 0 Å². The highest BCUT2D eigenvalue weighted by atomic mass is 16.5. The van der Waals surface area contributed by atoms with E-state index in [0.29, 0.717) is 13.1 Å². The van der Waals surface area contributed by atoms with Crippen molar-refractivity contribution in [1.82, 2.24) is 4.90 Å². The number of hydrogen-bond donors (Lipinski definition) is 0. The van der Waals surface area contributed by atoms with Gasteiger partial charge in [-0.25, -0.2) is 0 Å². The molecule has 1 amide bonds. The normalized spacial score (nSPS) is 17.3. The Kier molecular flexibility index (Phi) is 5.16. The van der Waals surface area contributed by atoms with Gasteiger partial charge in [0.1, 0.15) is 6.61 Å². The van der Waals surface area contributed by atoms with E-state index >= 15 is 0 Å². The van der Waals surface area contributed by atoms with Crippen LogP contribution in [0.4, 0.5) is 5.69 Å². The summed E-state index contributed by atoms with van der Waals surface area (Å²) in [6, 6.07) is 19.0. The number of hydrogen-bond acceptors (Lipinski definition) is 3. The topological polar surface area (TPSA) is 32.8 Å². The van der Waals surface area contributed by atoms with Crippen LogP contribution in [0, 0.1) is 0 Å². The number of rotatable bonds is 4. The molecular weight excluding hydrogens is 300 g/mol. The van der Waals surface area contributed by atoms with Crippen molar-refractivity contribution < 1.29 is 9.53 Å². The first-order chi connectivity index (χ1) is 11.7. The van der Waals surface area contributed by atoms with Gasteiger partial charge in [0.25, 0.3) is 0 Å². The summed E-state index contributed by atoms with van der Waals surface area (Å²) in [6.45, 7) is 1.46. The summed E-state index contributed by atoms with van der Waals surface area (Å²) < 4.78 is 5.06. The van der Waals surface area contributed by atoms with Crippen LogP contribution in [0.2, 0.25) is 0 Å². The van der Waals surface area contributed by atoms with Crippen LogP contribution in [0.15, 0.2) is 54.6 Å². The van der Waals surface area contributed by atoms with Gasteiger partial charge < -0.3 is 14.5 Å². The molecule has 0 spiro atoms. The number of carbonyl (C=O) groups excluding carboxylic acids is 1. The number of benzene rings is 2. The van der Waals surface area contributed by atoms with Crippen LogP contribution in [0.3, 0.4) is 0 Å². The molecule has 3 rings (SSSR count). The van der Waals surface area contributed by atoms with Gasteiger partial charge in [-0.1, -0.05) is 48.5 Å². The number of para-hydroxylation sites is 1. The molecule has 0 radical (unpaired) electrons. The van der Waals surface area contributed by atoms with Gasteiger partial charge in [0.15, 0.2) is 0 Å². The lowest BCUT2D eigenvalue weighted by molar-refractivity contribution is -0.135. The number of anilines is 1. The zero-order chi connectivity index (χ0) is 16.9. The molecule has 0 saturated carbocycles. The van der Waals surface area contributed by atoms with Crippen molar-refractivity contribution in [2.75, 3.05) is 32.2 Å². The Labute approximate surface area is 143 Å². The lowest BCUT2D eigenvalue weighted by Gasteiger charge is -2.31. The largest absolute Gasteiger partial charge is 0.375 e. The van der Waals surface area contributed by atoms with E-state index in [-0.39, 0.29) is 18.6 Å². The van der Waals surface area contributed by atoms with E-state index in [1.807, 2.05) is 17.0 Å². The van der Waals surface area contributed by atoms with Crippen molar-refractivity contribution in [2.45, 2.75) is 19.0 Å². The van der Waals surface area contributed by atoms with Gasteiger partial charge in [-0.2, -0.15) is 0 Å². The lowest BCUT2D eigenvalue weighted by Crippen LogP contribution is -2.44. The van der Waals surface area contributed by atoms with Gasteiger partial charge in [0.05, 0.1) is 6.04 Å². The SMILES string of the molecule is COCC(=O)N1Cc2ccccc2N(C)C(Cc2ccccc2)C1. The van der Waals surface area contributed by atoms with Crippen LogP contribution in [-0.4, -0.2) is 44.2 Å². The molecule has 1 atom stereocenters. The monoisotopic (exact) mass is 324 g/mol. The fourth-order valence-corrected chi connectivity index (χ4v) is 3.32. The predicted octanol–water partition coefficient (Wildman–Crippen LogP) is 2.72. The van der Waals surface area contributed by atoms with E-state index in [4.69, 9.17) is 4.74 Å². The molecule has 24 heavy (non-hydrogen) atoms. The van der Waals surface area contributed by atoms with Gasteiger partial charge in [0, 0.05) is 32.9 Å². The van der Waals surface area contributed by atoms with Gasteiger partial charge in [-0.05, 0) is 23.6 Å². The number of methoxy groups -OCH3 is 1. The number of nitrogens with zero attached hydrogens (tertiary/aromatic N) is 2. The molecule has 0 aliphatic carbocycles. The number of ether oxygens (including phenoxy) is 1. The Morgan fingerprint density at radius 2 is 1.83 bits per heavy atom. The van der Waals surface area contributed by atoms with Crippen LogP contribution < -0.4 is 4.90 Å². The molecule has 0 bridgehead atoms.